The van der Waals surface area contributed by atoms with Gasteiger partial charge in [0.1, 0.15) is 0 Å². The van der Waals surface area contributed by atoms with Crippen LogP contribution in [0, 0.1) is 13.8 Å². The highest BCUT2D eigenvalue weighted by atomic mass is 16.1. The summed E-state index contributed by atoms with van der Waals surface area (Å²) >= 11 is 0. The molecular weight excluding hydrogens is 212 g/mol. The number of pyridine rings is 1. The molecule has 86 valence electrons. The molecule has 1 aromatic heterocycles. The Kier molecular flexibility index (Phi) is 2.91. The lowest BCUT2D eigenvalue weighted by molar-refractivity contribution is 0.112. The molecular formula is C14H14N2O. The Hall–Kier alpha value is -2.16. The molecule has 3 nitrogen and oxygen atoms in total. The molecule has 1 aromatic carbocycles. The molecule has 1 heterocycles. The van der Waals surface area contributed by atoms with Crippen LogP contribution in [0.4, 0.5) is 5.69 Å². The monoisotopic (exact) mass is 226 g/mol. The number of rotatable bonds is 2. The maximum Gasteiger partial charge on any atom is 0.151 e. The highest BCUT2D eigenvalue weighted by molar-refractivity contribution is 5.76. The van der Waals surface area contributed by atoms with Crippen LogP contribution in [0.15, 0.2) is 30.5 Å². The van der Waals surface area contributed by atoms with E-state index in [-0.39, 0.29) is 0 Å². The Morgan fingerprint density at radius 1 is 1.24 bits per heavy atom. The molecule has 2 aromatic rings. The molecule has 0 aliphatic heterocycles. The average Bonchev–Trinajstić information content (AvgIpc) is 2.34. The van der Waals surface area contributed by atoms with Gasteiger partial charge in [-0.2, -0.15) is 0 Å². The van der Waals surface area contributed by atoms with E-state index in [9.17, 15) is 4.79 Å². The molecule has 2 rings (SSSR count). The second-order valence-electron chi connectivity index (χ2n) is 4.12. The number of benzene rings is 1. The Morgan fingerprint density at radius 2 is 2.00 bits per heavy atom. The summed E-state index contributed by atoms with van der Waals surface area (Å²) in [7, 11) is 0. The van der Waals surface area contributed by atoms with Crippen LogP contribution < -0.4 is 5.73 Å². The minimum absolute atomic E-state index is 0.576. The van der Waals surface area contributed by atoms with Crippen molar-refractivity contribution in [1.29, 1.82) is 0 Å². The fourth-order valence-corrected chi connectivity index (χ4v) is 1.79. The normalized spacial score (nSPS) is 10.2. The molecule has 0 radical (unpaired) electrons. The number of aldehydes is 1. The van der Waals surface area contributed by atoms with E-state index in [1.165, 1.54) is 0 Å². The second kappa shape index (κ2) is 4.37. The molecule has 0 amide bonds. The number of nitrogens with zero attached hydrogens (tertiary/aromatic N) is 1. The van der Waals surface area contributed by atoms with Gasteiger partial charge in [-0.1, -0.05) is 0 Å². The van der Waals surface area contributed by atoms with E-state index in [1.807, 2.05) is 26.0 Å². The van der Waals surface area contributed by atoms with Crippen LogP contribution >= 0.6 is 0 Å². The molecule has 0 saturated carbocycles. The number of aromatic nitrogens is 1. The largest absolute Gasteiger partial charge is 0.398 e. The number of hydrogen-bond acceptors (Lipinski definition) is 3. The smallest absolute Gasteiger partial charge is 0.151 e. The van der Waals surface area contributed by atoms with Gasteiger partial charge in [-0.3, -0.25) is 9.78 Å². The predicted octanol–water partition coefficient (Wildman–Crippen LogP) is 2.76. The Balaban J connectivity index is 2.55. The quantitative estimate of drug-likeness (QED) is 0.632. The molecule has 0 fully saturated rings. The molecule has 0 aliphatic rings. The summed E-state index contributed by atoms with van der Waals surface area (Å²) in [6.07, 6.45) is 2.36. The highest BCUT2D eigenvalue weighted by Crippen LogP contribution is 2.27. The van der Waals surface area contributed by atoms with E-state index >= 15 is 0 Å². The van der Waals surface area contributed by atoms with Gasteiger partial charge in [-0.15, -0.1) is 0 Å². The summed E-state index contributed by atoms with van der Waals surface area (Å²) in [5.41, 5.74) is 11.2. The Labute approximate surface area is 100 Å². The van der Waals surface area contributed by atoms with Crippen LogP contribution in [0.25, 0.3) is 11.3 Å². The van der Waals surface area contributed by atoms with Gasteiger partial charge in [-0.25, -0.2) is 0 Å². The van der Waals surface area contributed by atoms with Gasteiger partial charge in [0.15, 0.2) is 6.29 Å². The summed E-state index contributed by atoms with van der Waals surface area (Å²) in [4.78, 5) is 14.8. The fraction of sp³-hybridized carbons (Fsp3) is 0.143. The first kappa shape index (κ1) is 11.3. The van der Waals surface area contributed by atoms with Gasteiger partial charge < -0.3 is 5.73 Å². The van der Waals surface area contributed by atoms with Crippen LogP contribution in [0.2, 0.25) is 0 Å². The Bertz CT molecular complexity index is 559. The van der Waals surface area contributed by atoms with Gasteiger partial charge in [-0.05, 0) is 49.2 Å². The SMILES string of the molecule is Cc1cc(N)c(C)c(-c2ccc(C=O)cn2)c1. The van der Waals surface area contributed by atoms with Crippen LogP contribution in [0.5, 0.6) is 0 Å². The minimum Gasteiger partial charge on any atom is -0.398 e. The molecule has 0 bridgehead atoms. The first-order chi connectivity index (χ1) is 8.11. The van der Waals surface area contributed by atoms with Crippen LogP contribution in [0.3, 0.4) is 0 Å². The third-order valence-electron chi connectivity index (χ3n) is 2.79. The zero-order chi connectivity index (χ0) is 12.4. The van der Waals surface area contributed by atoms with Crippen molar-refractivity contribution >= 4 is 12.0 Å². The number of nitrogen functional groups attached to an aromatic ring is 1. The van der Waals surface area contributed by atoms with Crippen molar-refractivity contribution < 1.29 is 4.79 Å². The van der Waals surface area contributed by atoms with Crippen molar-refractivity contribution in [1.82, 2.24) is 4.98 Å². The van der Waals surface area contributed by atoms with Gasteiger partial charge >= 0.3 is 0 Å². The van der Waals surface area contributed by atoms with Crippen molar-refractivity contribution in [2.75, 3.05) is 5.73 Å². The number of hydrogen-bond donors (Lipinski definition) is 1. The number of nitrogens with two attached hydrogens (primary N) is 1. The van der Waals surface area contributed by atoms with E-state index in [4.69, 9.17) is 5.73 Å². The van der Waals surface area contributed by atoms with Crippen molar-refractivity contribution in [2.45, 2.75) is 13.8 Å². The summed E-state index contributed by atoms with van der Waals surface area (Å²) in [5.74, 6) is 0. The molecule has 0 saturated heterocycles. The zero-order valence-electron chi connectivity index (χ0n) is 9.90. The van der Waals surface area contributed by atoms with E-state index in [0.717, 1.165) is 34.4 Å². The fourth-order valence-electron chi connectivity index (χ4n) is 1.79. The lowest BCUT2D eigenvalue weighted by atomic mass is 10.0. The summed E-state index contributed by atoms with van der Waals surface area (Å²) < 4.78 is 0. The molecule has 0 aliphatic carbocycles. The van der Waals surface area contributed by atoms with Crippen molar-refractivity contribution in [3.05, 3.63) is 47.2 Å². The maximum absolute atomic E-state index is 10.6. The average molecular weight is 226 g/mol. The number of anilines is 1. The standard InChI is InChI=1S/C14H14N2O/c1-9-5-12(10(2)13(15)6-9)14-4-3-11(8-17)7-16-14/h3-8H,15H2,1-2H3. The van der Waals surface area contributed by atoms with E-state index in [1.54, 1.807) is 12.3 Å². The highest BCUT2D eigenvalue weighted by Gasteiger charge is 2.07. The van der Waals surface area contributed by atoms with E-state index < -0.39 is 0 Å². The molecule has 0 spiro atoms. The summed E-state index contributed by atoms with van der Waals surface area (Å²) in [6, 6.07) is 7.59. The van der Waals surface area contributed by atoms with E-state index in [2.05, 4.69) is 11.1 Å². The van der Waals surface area contributed by atoms with Gasteiger partial charge in [0, 0.05) is 23.0 Å². The minimum atomic E-state index is 0.576. The lowest BCUT2D eigenvalue weighted by Crippen LogP contribution is -1.95. The third-order valence-corrected chi connectivity index (χ3v) is 2.79. The van der Waals surface area contributed by atoms with E-state index in [0.29, 0.717) is 5.56 Å². The van der Waals surface area contributed by atoms with Crippen LogP contribution in [-0.2, 0) is 0 Å². The second-order valence-corrected chi connectivity index (χ2v) is 4.12. The Morgan fingerprint density at radius 3 is 2.59 bits per heavy atom. The maximum atomic E-state index is 10.6. The summed E-state index contributed by atoms with van der Waals surface area (Å²) in [5, 5.41) is 0. The molecule has 0 atom stereocenters. The van der Waals surface area contributed by atoms with Gasteiger partial charge in [0.2, 0.25) is 0 Å². The molecule has 3 heteroatoms. The van der Waals surface area contributed by atoms with Crippen molar-refractivity contribution in [3.63, 3.8) is 0 Å². The summed E-state index contributed by atoms with van der Waals surface area (Å²) in [6.45, 7) is 3.97. The van der Waals surface area contributed by atoms with Crippen LogP contribution in [-0.4, -0.2) is 11.3 Å². The number of aryl methyl sites for hydroxylation is 1. The first-order valence-corrected chi connectivity index (χ1v) is 5.40. The zero-order valence-corrected chi connectivity index (χ0v) is 9.90. The number of carbonyl (C=O) groups excluding carboxylic acids is 1. The number of carbonyl (C=O) groups is 1. The lowest BCUT2D eigenvalue weighted by Gasteiger charge is -2.09. The predicted molar refractivity (Wildman–Crippen MR) is 68.9 cm³/mol. The van der Waals surface area contributed by atoms with Gasteiger partial charge in [0.25, 0.3) is 0 Å². The van der Waals surface area contributed by atoms with Crippen LogP contribution in [0.1, 0.15) is 21.5 Å². The van der Waals surface area contributed by atoms with Crippen molar-refractivity contribution in [2.24, 2.45) is 0 Å². The topological polar surface area (TPSA) is 56.0 Å². The molecule has 0 unspecified atom stereocenters. The van der Waals surface area contributed by atoms with Gasteiger partial charge in [0.05, 0.1) is 5.69 Å². The molecule has 2 N–H and O–H groups in total. The third kappa shape index (κ3) is 2.18. The molecule has 17 heavy (non-hydrogen) atoms. The van der Waals surface area contributed by atoms with Crippen molar-refractivity contribution in [3.8, 4) is 11.3 Å². The first-order valence-electron chi connectivity index (χ1n) is 5.40.